The quantitative estimate of drug-likeness (QED) is 0.672. The lowest BCUT2D eigenvalue weighted by molar-refractivity contribution is -0.122. The van der Waals surface area contributed by atoms with Gasteiger partial charge in [0.2, 0.25) is 5.91 Å². The zero-order valence-corrected chi connectivity index (χ0v) is 12.2. The Morgan fingerprint density at radius 3 is 3.00 bits per heavy atom. The van der Waals surface area contributed by atoms with Crippen LogP contribution in [0.3, 0.4) is 0 Å². The Hall–Kier alpha value is -2.18. The second-order valence-corrected chi connectivity index (χ2v) is 6.03. The van der Waals surface area contributed by atoms with Gasteiger partial charge in [-0.25, -0.2) is 0 Å². The molecule has 1 atom stereocenters. The molecule has 0 saturated carbocycles. The Morgan fingerprint density at radius 1 is 1.38 bits per heavy atom. The maximum atomic E-state index is 12.0. The van der Waals surface area contributed by atoms with Crippen LogP contribution < -0.4 is 11.1 Å². The van der Waals surface area contributed by atoms with Crippen molar-refractivity contribution in [2.24, 2.45) is 5.73 Å². The van der Waals surface area contributed by atoms with E-state index in [1.165, 1.54) is 10.1 Å². The lowest BCUT2D eigenvalue weighted by atomic mass is 10.1. The van der Waals surface area contributed by atoms with E-state index < -0.39 is 6.04 Å². The van der Waals surface area contributed by atoms with Crippen LogP contribution in [-0.2, 0) is 17.8 Å². The van der Waals surface area contributed by atoms with E-state index in [0.29, 0.717) is 13.0 Å². The first-order valence-corrected chi connectivity index (χ1v) is 7.53. The average Bonchev–Trinajstić information content (AvgIpc) is 3.13. The summed E-state index contributed by atoms with van der Waals surface area (Å²) < 4.78 is 1.23. The largest absolute Gasteiger partial charge is 0.350 e. The number of aromatic nitrogens is 2. The second-order valence-electron chi connectivity index (χ2n) is 4.86. The number of hydrogen-bond acceptors (Lipinski definition) is 4. The molecule has 3 aromatic rings. The molecule has 0 aliphatic carbocycles. The lowest BCUT2D eigenvalue weighted by Crippen LogP contribution is -2.41. The van der Waals surface area contributed by atoms with Crippen molar-refractivity contribution in [1.29, 1.82) is 0 Å². The Bertz CT molecular complexity index is 702. The molecule has 3 rings (SSSR count). The molecule has 2 heterocycles. The monoisotopic (exact) mass is 300 g/mol. The summed E-state index contributed by atoms with van der Waals surface area (Å²) in [7, 11) is 0. The first-order valence-electron chi connectivity index (χ1n) is 6.71. The number of fused-ring (bicyclic) bond motifs is 1. The Morgan fingerprint density at radius 2 is 2.24 bits per heavy atom. The summed E-state index contributed by atoms with van der Waals surface area (Å²) in [6, 6.07) is 11.5. The lowest BCUT2D eigenvalue weighted by Gasteiger charge is -2.10. The van der Waals surface area contributed by atoms with Crippen LogP contribution in [0.1, 0.15) is 10.6 Å². The van der Waals surface area contributed by atoms with Crippen molar-refractivity contribution in [3.05, 3.63) is 53.2 Å². The van der Waals surface area contributed by atoms with Crippen LogP contribution in [0.2, 0.25) is 0 Å². The molecule has 6 heteroatoms. The highest BCUT2D eigenvalue weighted by Crippen LogP contribution is 2.24. The van der Waals surface area contributed by atoms with Crippen LogP contribution in [0.4, 0.5) is 0 Å². The van der Waals surface area contributed by atoms with Crippen molar-refractivity contribution < 1.29 is 4.79 Å². The predicted molar refractivity (Wildman–Crippen MR) is 83.9 cm³/mol. The molecule has 0 fully saturated rings. The molecule has 0 bridgehead atoms. The van der Waals surface area contributed by atoms with Crippen LogP contribution >= 0.6 is 11.3 Å². The number of carbonyl (C=O) groups is 1. The van der Waals surface area contributed by atoms with Crippen molar-refractivity contribution >= 4 is 27.3 Å². The van der Waals surface area contributed by atoms with Gasteiger partial charge in [0.1, 0.15) is 0 Å². The van der Waals surface area contributed by atoms with Gasteiger partial charge in [0.25, 0.3) is 0 Å². The Balaban J connectivity index is 1.57. The summed E-state index contributed by atoms with van der Waals surface area (Å²) in [5, 5.41) is 10.7. The van der Waals surface area contributed by atoms with E-state index in [1.54, 1.807) is 17.5 Å². The average molecular weight is 300 g/mol. The van der Waals surface area contributed by atoms with Gasteiger partial charge in [-0.3, -0.25) is 9.89 Å². The zero-order chi connectivity index (χ0) is 14.7. The number of benzene rings is 1. The van der Waals surface area contributed by atoms with E-state index in [4.69, 9.17) is 5.73 Å². The number of rotatable bonds is 5. The highest BCUT2D eigenvalue weighted by Gasteiger charge is 2.14. The van der Waals surface area contributed by atoms with E-state index in [-0.39, 0.29) is 5.91 Å². The second kappa shape index (κ2) is 6.07. The van der Waals surface area contributed by atoms with Crippen molar-refractivity contribution in [3.8, 4) is 0 Å². The first-order chi connectivity index (χ1) is 10.2. The normalized spacial score (nSPS) is 12.4. The predicted octanol–water partition coefficient (Wildman–Crippen LogP) is 1.81. The minimum absolute atomic E-state index is 0.151. The summed E-state index contributed by atoms with van der Waals surface area (Å²) in [5.74, 6) is -0.151. The third kappa shape index (κ3) is 3.29. The molecule has 21 heavy (non-hydrogen) atoms. The first kappa shape index (κ1) is 13.8. The van der Waals surface area contributed by atoms with Crippen LogP contribution in [0, 0.1) is 0 Å². The molecule has 5 nitrogen and oxygen atoms in total. The van der Waals surface area contributed by atoms with Gasteiger partial charge in [0.15, 0.2) is 0 Å². The molecule has 0 saturated heterocycles. The van der Waals surface area contributed by atoms with Crippen molar-refractivity contribution in [2.45, 2.75) is 19.0 Å². The van der Waals surface area contributed by atoms with Gasteiger partial charge in [-0.2, -0.15) is 5.10 Å². The number of nitrogens with one attached hydrogen (secondary N) is 2. The van der Waals surface area contributed by atoms with Crippen molar-refractivity contribution in [1.82, 2.24) is 15.5 Å². The molecule has 2 aromatic heterocycles. The maximum absolute atomic E-state index is 12.0. The number of aromatic amines is 1. The van der Waals surface area contributed by atoms with E-state index in [2.05, 4.69) is 33.7 Å². The van der Waals surface area contributed by atoms with Crippen molar-refractivity contribution in [3.63, 3.8) is 0 Å². The summed E-state index contributed by atoms with van der Waals surface area (Å²) in [5.41, 5.74) is 6.75. The zero-order valence-electron chi connectivity index (χ0n) is 11.4. The van der Waals surface area contributed by atoms with E-state index in [1.807, 2.05) is 18.2 Å². The van der Waals surface area contributed by atoms with Gasteiger partial charge in [0.05, 0.1) is 12.6 Å². The molecule has 1 unspecified atom stereocenters. The number of carbonyl (C=O) groups excluding carboxylic acids is 1. The van der Waals surface area contributed by atoms with E-state index in [9.17, 15) is 4.79 Å². The van der Waals surface area contributed by atoms with Gasteiger partial charge < -0.3 is 11.1 Å². The fraction of sp³-hybridized carbons (Fsp3) is 0.200. The van der Waals surface area contributed by atoms with Gasteiger partial charge in [-0.05, 0) is 23.6 Å². The minimum Gasteiger partial charge on any atom is -0.350 e. The molecular formula is C15H16N4OS. The van der Waals surface area contributed by atoms with Gasteiger partial charge >= 0.3 is 0 Å². The van der Waals surface area contributed by atoms with Crippen LogP contribution in [-0.4, -0.2) is 22.1 Å². The number of hydrogen-bond donors (Lipinski definition) is 3. The summed E-state index contributed by atoms with van der Waals surface area (Å²) >= 11 is 1.68. The van der Waals surface area contributed by atoms with Crippen LogP contribution in [0.5, 0.6) is 0 Å². The molecule has 0 aliphatic heterocycles. The minimum atomic E-state index is -0.570. The fourth-order valence-corrected chi connectivity index (χ4v) is 3.16. The fourth-order valence-electron chi connectivity index (χ4n) is 2.16. The highest BCUT2D eigenvalue weighted by atomic mass is 32.1. The van der Waals surface area contributed by atoms with E-state index in [0.717, 1.165) is 10.6 Å². The summed E-state index contributed by atoms with van der Waals surface area (Å²) in [6.45, 7) is 0.509. The summed E-state index contributed by atoms with van der Waals surface area (Å²) in [6.07, 6.45) is 2.11. The van der Waals surface area contributed by atoms with Crippen molar-refractivity contribution in [2.75, 3.05) is 0 Å². The number of nitrogens with two attached hydrogens (primary N) is 1. The molecule has 0 radical (unpaired) electrons. The van der Waals surface area contributed by atoms with Crippen LogP contribution in [0.15, 0.2) is 42.6 Å². The van der Waals surface area contributed by atoms with Gasteiger partial charge in [0, 0.05) is 27.9 Å². The smallest absolute Gasteiger partial charge is 0.237 e. The highest BCUT2D eigenvalue weighted by molar-refractivity contribution is 7.19. The number of thiophene rings is 1. The number of amides is 1. The molecule has 108 valence electrons. The van der Waals surface area contributed by atoms with Gasteiger partial charge in [-0.1, -0.05) is 18.2 Å². The Kier molecular flexibility index (Phi) is 3.98. The third-order valence-electron chi connectivity index (χ3n) is 3.25. The third-order valence-corrected chi connectivity index (χ3v) is 4.36. The molecule has 0 spiro atoms. The SMILES string of the molecule is NC(Cc1ccn[nH]1)C(=O)NCc1cc2ccccc2s1. The number of nitrogens with zero attached hydrogens (tertiary/aromatic N) is 1. The molecule has 1 aromatic carbocycles. The van der Waals surface area contributed by atoms with Gasteiger partial charge in [-0.15, -0.1) is 11.3 Å². The topological polar surface area (TPSA) is 83.8 Å². The van der Waals surface area contributed by atoms with Crippen LogP contribution in [0.25, 0.3) is 10.1 Å². The van der Waals surface area contributed by atoms with E-state index >= 15 is 0 Å². The maximum Gasteiger partial charge on any atom is 0.237 e. The molecular weight excluding hydrogens is 284 g/mol. The Labute approximate surface area is 126 Å². The standard InChI is InChI=1S/C15H16N4OS/c16-13(8-11-5-6-18-19-11)15(20)17-9-12-7-10-3-1-2-4-14(10)21-12/h1-7,13H,8-9,16H2,(H,17,20)(H,18,19). The molecule has 1 amide bonds. The summed E-state index contributed by atoms with van der Waals surface area (Å²) in [4.78, 5) is 13.1. The molecule has 4 N–H and O–H groups in total. The number of H-pyrrole nitrogens is 1. The molecule has 0 aliphatic rings.